The summed E-state index contributed by atoms with van der Waals surface area (Å²) in [6.07, 6.45) is 2.17. The summed E-state index contributed by atoms with van der Waals surface area (Å²) in [6, 6.07) is 8.20. The number of carbonyl (C=O) groups excluding carboxylic acids is 1. The second-order valence-electron chi connectivity index (χ2n) is 6.15. The molecule has 1 heterocycles. The Hall–Kier alpha value is -1.36. The number of halogens is 1. The predicted molar refractivity (Wildman–Crippen MR) is 98.2 cm³/mol. The minimum Gasteiger partial charge on any atom is -0.368 e. The highest BCUT2D eigenvalue weighted by Gasteiger charge is 2.28. The minimum atomic E-state index is -0.391. The zero-order valence-corrected chi connectivity index (χ0v) is 15.3. The maximum atomic E-state index is 12.4. The van der Waals surface area contributed by atoms with Crippen LogP contribution in [0.1, 0.15) is 31.9 Å². The fourth-order valence-corrected chi connectivity index (χ4v) is 3.29. The van der Waals surface area contributed by atoms with Crippen LogP contribution in [-0.2, 0) is 9.53 Å². The van der Waals surface area contributed by atoms with Crippen molar-refractivity contribution < 1.29 is 9.53 Å². The van der Waals surface area contributed by atoms with Crippen LogP contribution in [-0.4, -0.2) is 54.6 Å². The Labute approximate surface area is 150 Å². The maximum Gasteiger partial charge on any atom is 0.251 e. The van der Waals surface area contributed by atoms with E-state index in [4.69, 9.17) is 16.3 Å². The van der Waals surface area contributed by atoms with E-state index in [9.17, 15) is 4.79 Å². The van der Waals surface area contributed by atoms with E-state index in [-0.39, 0.29) is 11.9 Å². The van der Waals surface area contributed by atoms with Gasteiger partial charge in [0.25, 0.3) is 5.91 Å². The van der Waals surface area contributed by atoms with Crippen LogP contribution in [0.4, 0.5) is 0 Å². The van der Waals surface area contributed by atoms with E-state index in [1.165, 1.54) is 0 Å². The lowest BCUT2D eigenvalue weighted by molar-refractivity contribution is -0.144. The Bertz CT molecular complexity index is 556. The summed E-state index contributed by atoms with van der Waals surface area (Å²) in [7, 11) is 0. The van der Waals surface area contributed by atoms with Crippen molar-refractivity contribution in [3.63, 3.8) is 0 Å². The van der Waals surface area contributed by atoms with Gasteiger partial charge in [0.2, 0.25) is 0 Å². The normalized spacial score (nSPS) is 18.2. The van der Waals surface area contributed by atoms with Crippen molar-refractivity contribution in [2.24, 2.45) is 0 Å². The van der Waals surface area contributed by atoms with Crippen molar-refractivity contribution in [2.75, 3.05) is 32.8 Å². The molecule has 1 aliphatic rings. The third-order valence-corrected chi connectivity index (χ3v) is 4.91. The number of carbonyl (C=O) groups is 1. The van der Waals surface area contributed by atoms with E-state index in [1.54, 1.807) is 6.08 Å². The zero-order valence-electron chi connectivity index (χ0n) is 14.6. The number of ether oxygens (including phenoxy) is 1. The molecule has 0 saturated carbocycles. The molecule has 0 aromatic heterocycles. The van der Waals surface area contributed by atoms with Gasteiger partial charge in [-0.1, -0.05) is 35.9 Å². The highest BCUT2D eigenvalue weighted by Crippen LogP contribution is 2.27. The molecule has 1 aromatic carbocycles. The van der Waals surface area contributed by atoms with Gasteiger partial charge in [-0.2, -0.15) is 0 Å². The Morgan fingerprint density at radius 1 is 1.29 bits per heavy atom. The molecule has 0 N–H and O–H groups in total. The van der Waals surface area contributed by atoms with Crippen molar-refractivity contribution in [1.29, 1.82) is 0 Å². The lowest BCUT2D eigenvalue weighted by Gasteiger charge is -2.39. The summed E-state index contributed by atoms with van der Waals surface area (Å²) in [5.41, 5.74) is 1.14. The summed E-state index contributed by atoms with van der Waals surface area (Å²) >= 11 is 6.30. The predicted octanol–water partition coefficient (Wildman–Crippen LogP) is 3.53. The molecule has 2 rings (SSSR count). The SMILES string of the molecule is C=CCCOC(C)C(=O)N1CCN(C(C)c2ccccc2Cl)CC1. The molecular formula is C19H27ClN2O2. The zero-order chi connectivity index (χ0) is 17.5. The van der Waals surface area contributed by atoms with Crippen LogP contribution in [0.2, 0.25) is 5.02 Å². The number of piperazine rings is 1. The number of hydrogen-bond donors (Lipinski definition) is 0. The number of nitrogens with zero attached hydrogens (tertiary/aromatic N) is 2. The van der Waals surface area contributed by atoms with Gasteiger partial charge in [0.05, 0.1) is 6.61 Å². The molecule has 2 atom stereocenters. The molecular weight excluding hydrogens is 324 g/mol. The summed E-state index contributed by atoms with van der Waals surface area (Å²) in [4.78, 5) is 16.7. The van der Waals surface area contributed by atoms with Crippen LogP contribution < -0.4 is 0 Å². The van der Waals surface area contributed by atoms with Crippen LogP contribution in [0.3, 0.4) is 0 Å². The van der Waals surface area contributed by atoms with Crippen LogP contribution in [0.5, 0.6) is 0 Å². The monoisotopic (exact) mass is 350 g/mol. The first-order valence-electron chi connectivity index (χ1n) is 8.54. The number of hydrogen-bond acceptors (Lipinski definition) is 3. The first-order chi connectivity index (χ1) is 11.5. The first kappa shape index (κ1) is 19.0. The second kappa shape index (κ2) is 9.21. The smallest absolute Gasteiger partial charge is 0.251 e. The van der Waals surface area contributed by atoms with Crippen LogP contribution in [0.15, 0.2) is 36.9 Å². The van der Waals surface area contributed by atoms with E-state index in [2.05, 4.69) is 24.5 Å². The molecule has 1 aromatic rings. The third kappa shape index (κ3) is 4.82. The van der Waals surface area contributed by atoms with E-state index in [0.29, 0.717) is 6.61 Å². The molecule has 0 spiro atoms. The molecule has 132 valence electrons. The largest absolute Gasteiger partial charge is 0.368 e. The molecule has 0 radical (unpaired) electrons. The van der Waals surface area contributed by atoms with Gasteiger partial charge in [-0.15, -0.1) is 6.58 Å². The highest BCUT2D eigenvalue weighted by atomic mass is 35.5. The van der Waals surface area contributed by atoms with Crippen LogP contribution >= 0.6 is 11.6 Å². The lowest BCUT2D eigenvalue weighted by Crippen LogP contribution is -2.51. The average molecular weight is 351 g/mol. The van der Waals surface area contributed by atoms with Crippen molar-refractivity contribution in [3.8, 4) is 0 Å². The van der Waals surface area contributed by atoms with Gasteiger partial charge < -0.3 is 9.64 Å². The summed E-state index contributed by atoms with van der Waals surface area (Å²) in [6.45, 7) is 11.3. The fraction of sp³-hybridized carbons (Fsp3) is 0.526. The van der Waals surface area contributed by atoms with Crippen molar-refractivity contribution >= 4 is 17.5 Å². The van der Waals surface area contributed by atoms with Gasteiger partial charge >= 0.3 is 0 Å². The van der Waals surface area contributed by atoms with E-state index >= 15 is 0 Å². The first-order valence-corrected chi connectivity index (χ1v) is 8.92. The summed E-state index contributed by atoms with van der Waals surface area (Å²) < 4.78 is 5.56. The van der Waals surface area contributed by atoms with Gasteiger partial charge in [0.1, 0.15) is 6.10 Å². The summed E-state index contributed by atoms with van der Waals surface area (Å²) in [5, 5.41) is 0.799. The topological polar surface area (TPSA) is 32.8 Å². The number of benzene rings is 1. The standard InChI is InChI=1S/C19H27ClN2O2/c1-4-5-14-24-16(3)19(23)22-12-10-21(11-13-22)15(2)17-8-6-7-9-18(17)20/h4,6-9,15-16H,1,5,10-14H2,2-3H3. The van der Waals surface area contributed by atoms with E-state index < -0.39 is 6.10 Å². The third-order valence-electron chi connectivity index (χ3n) is 4.57. The fourth-order valence-electron chi connectivity index (χ4n) is 3.00. The highest BCUT2D eigenvalue weighted by molar-refractivity contribution is 6.31. The van der Waals surface area contributed by atoms with Gasteiger partial charge in [-0.25, -0.2) is 0 Å². The van der Waals surface area contributed by atoms with Crippen molar-refractivity contribution in [1.82, 2.24) is 9.80 Å². The van der Waals surface area contributed by atoms with Gasteiger partial charge in [-0.05, 0) is 31.9 Å². The van der Waals surface area contributed by atoms with Crippen LogP contribution in [0, 0.1) is 0 Å². The molecule has 0 bridgehead atoms. The lowest BCUT2D eigenvalue weighted by atomic mass is 10.1. The van der Waals surface area contributed by atoms with Crippen LogP contribution in [0.25, 0.3) is 0 Å². The molecule has 1 saturated heterocycles. The Balaban J connectivity index is 1.85. The molecule has 24 heavy (non-hydrogen) atoms. The molecule has 4 nitrogen and oxygen atoms in total. The van der Waals surface area contributed by atoms with Gasteiger partial charge in [-0.3, -0.25) is 9.69 Å². The second-order valence-corrected chi connectivity index (χ2v) is 6.56. The van der Waals surface area contributed by atoms with Crippen molar-refractivity contribution in [3.05, 3.63) is 47.5 Å². The number of amides is 1. The Morgan fingerprint density at radius 2 is 1.96 bits per heavy atom. The van der Waals surface area contributed by atoms with E-state index in [1.807, 2.05) is 30.0 Å². The quantitative estimate of drug-likeness (QED) is 0.557. The molecule has 1 aliphatic heterocycles. The molecule has 5 heteroatoms. The molecule has 1 amide bonds. The average Bonchev–Trinajstić information content (AvgIpc) is 2.61. The minimum absolute atomic E-state index is 0.0732. The Morgan fingerprint density at radius 3 is 2.58 bits per heavy atom. The van der Waals surface area contributed by atoms with Gasteiger partial charge in [0.15, 0.2) is 0 Å². The molecule has 0 aliphatic carbocycles. The summed E-state index contributed by atoms with van der Waals surface area (Å²) in [5.74, 6) is 0.0732. The van der Waals surface area contributed by atoms with E-state index in [0.717, 1.165) is 43.2 Å². The Kier molecular flexibility index (Phi) is 7.28. The maximum absolute atomic E-state index is 12.4. The number of rotatable bonds is 7. The van der Waals surface area contributed by atoms with Gasteiger partial charge in [0, 0.05) is 37.2 Å². The molecule has 2 unspecified atom stereocenters. The molecule has 1 fully saturated rings. The van der Waals surface area contributed by atoms with Crippen molar-refractivity contribution in [2.45, 2.75) is 32.4 Å².